The summed E-state index contributed by atoms with van der Waals surface area (Å²) in [4.78, 5) is 11.2. The molecule has 1 aromatic rings. The lowest BCUT2D eigenvalue weighted by Crippen LogP contribution is -2.28. The van der Waals surface area contributed by atoms with Crippen LogP contribution in [-0.4, -0.2) is 38.0 Å². The third-order valence-corrected chi connectivity index (χ3v) is 4.61. The first-order chi connectivity index (χ1) is 9.78. The lowest BCUT2D eigenvalue weighted by Gasteiger charge is -2.08. The SMILES string of the molecule is CC(C)OCCS(=O)(=O)NCc1cc(C=CC(=O)O)cs1. The van der Waals surface area contributed by atoms with Crippen LogP contribution in [0.15, 0.2) is 17.5 Å². The topological polar surface area (TPSA) is 92.7 Å². The normalized spacial score (nSPS) is 12.3. The molecule has 0 saturated heterocycles. The van der Waals surface area contributed by atoms with E-state index in [-0.39, 0.29) is 25.0 Å². The van der Waals surface area contributed by atoms with Crippen molar-refractivity contribution in [2.45, 2.75) is 26.5 Å². The summed E-state index contributed by atoms with van der Waals surface area (Å²) in [6, 6.07) is 1.75. The Kier molecular flexibility index (Phi) is 7.03. The Morgan fingerprint density at radius 3 is 2.86 bits per heavy atom. The lowest BCUT2D eigenvalue weighted by molar-refractivity contribution is -0.131. The number of ether oxygens (including phenoxy) is 1. The van der Waals surface area contributed by atoms with E-state index in [1.165, 1.54) is 17.4 Å². The molecule has 0 aliphatic carbocycles. The summed E-state index contributed by atoms with van der Waals surface area (Å²) in [5.41, 5.74) is 0.736. The molecule has 2 N–H and O–H groups in total. The van der Waals surface area contributed by atoms with E-state index in [0.717, 1.165) is 16.5 Å². The maximum absolute atomic E-state index is 11.7. The zero-order valence-corrected chi connectivity index (χ0v) is 13.5. The smallest absolute Gasteiger partial charge is 0.328 e. The predicted molar refractivity (Wildman–Crippen MR) is 82.7 cm³/mol. The van der Waals surface area contributed by atoms with Gasteiger partial charge in [0.25, 0.3) is 0 Å². The van der Waals surface area contributed by atoms with Gasteiger partial charge < -0.3 is 9.84 Å². The van der Waals surface area contributed by atoms with Crippen LogP contribution in [0, 0.1) is 0 Å². The molecule has 21 heavy (non-hydrogen) atoms. The minimum Gasteiger partial charge on any atom is -0.478 e. The number of carboxylic acid groups (broad SMARTS) is 1. The summed E-state index contributed by atoms with van der Waals surface area (Å²) >= 11 is 1.37. The first kappa shape index (κ1) is 17.8. The molecule has 118 valence electrons. The molecule has 0 unspecified atom stereocenters. The average Bonchev–Trinajstić information content (AvgIpc) is 2.81. The molecule has 0 aliphatic heterocycles. The molecule has 1 heterocycles. The van der Waals surface area contributed by atoms with Gasteiger partial charge in [0.2, 0.25) is 10.0 Å². The molecule has 0 atom stereocenters. The van der Waals surface area contributed by atoms with Crippen molar-refractivity contribution in [3.05, 3.63) is 28.0 Å². The third kappa shape index (κ3) is 7.96. The second-order valence-electron chi connectivity index (χ2n) is 4.58. The van der Waals surface area contributed by atoms with E-state index in [1.54, 1.807) is 11.4 Å². The Balaban J connectivity index is 2.45. The van der Waals surface area contributed by atoms with Crippen LogP contribution in [0.1, 0.15) is 24.3 Å². The van der Waals surface area contributed by atoms with Crippen LogP contribution < -0.4 is 4.72 Å². The highest BCUT2D eigenvalue weighted by Gasteiger charge is 2.11. The van der Waals surface area contributed by atoms with Crippen molar-refractivity contribution in [2.75, 3.05) is 12.4 Å². The van der Waals surface area contributed by atoms with Crippen LogP contribution in [0.3, 0.4) is 0 Å². The van der Waals surface area contributed by atoms with Crippen LogP contribution in [0.4, 0.5) is 0 Å². The van der Waals surface area contributed by atoms with Gasteiger partial charge in [-0.25, -0.2) is 17.9 Å². The molecule has 0 spiro atoms. The minimum absolute atomic E-state index is 0.000997. The number of sulfonamides is 1. The molecule has 0 aliphatic rings. The second-order valence-corrected chi connectivity index (χ2v) is 7.50. The molecule has 1 rings (SSSR count). The fourth-order valence-electron chi connectivity index (χ4n) is 1.39. The molecule has 0 aromatic carbocycles. The van der Waals surface area contributed by atoms with Gasteiger partial charge in [-0.1, -0.05) is 0 Å². The van der Waals surface area contributed by atoms with Gasteiger partial charge in [0, 0.05) is 17.5 Å². The highest BCUT2D eigenvalue weighted by molar-refractivity contribution is 7.89. The van der Waals surface area contributed by atoms with Gasteiger partial charge >= 0.3 is 5.97 Å². The number of nitrogens with one attached hydrogen (secondary N) is 1. The molecule has 0 saturated carbocycles. The molecule has 1 aromatic heterocycles. The van der Waals surface area contributed by atoms with Crippen molar-refractivity contribution in [3.8, 4) is 0 Å². The summed E-state index contributed by atoms with van der Waals surface area (Å²) in [6.45, 7) is 4.04. The number of hydrogen-bond donors (Lipinski definition) is 2. The minimum atomic E-state index is -3.37. The van der Waals surface area contributed by atoms with Gasteiger partial charge in [0.1, 0.15) is 0 Å². The summed E-state index contributed by atoms with van der Waals surface area (Å²) in [7, 11) is -3.37. The quantitative estimate of drug-likeness (QED) is 0.671. The summed E-state index contributed by atoms with van der Waals surface area (Å²) in [5.74, 6) is -1.10. The van der Waals surface area contributed by atoms with E-state index in [1.807, 2.05) is 13.8 Å². The van der Waals surface area contributed by atoms with Crippen LogP contribution in [0.25, 0.3) is 6.08 Å². The van der Waals surface area contributed by atoms with Crippen molar-refractivity contribution >= 4 is 33.4 Å². The molecule has 6 nitrogen and oxygen atoms in total. The molecular weight excluding hydrogens is 314 g/mol. The molecular formula is C13H19NO5S2. The van der Waals surface area contributed by atoms with Crippen LogP contribution in [-0.2, 0) is 26.1 Å². The predicted octanol–water partition coefficient (Wildman–Crippen LogP) is 1.69. The highest BCUT2D eigenvalue weighted by Crippen LogP contribution is 2.16. The Labute approximate surface area is 128 Å². The lowest BCUT2D eigenvalue weighted by atomic mass is 10.3. The van der Waals surface area contributed by atoms with E-state index in [0.29, 0.717) is 0 Å². The Morgan fingerprint density at radius 1 is 1.52 bits per heavy atom. The number of aliphatic carboxylic acids is 1. The Hall–Kier alpha value is -1.22. The monoisotopic (exact) mass is 333 g/mol. The third-order valence-electron chi connectivity index (χ3n) is 2.36. The molecule has 8 heteroatoms. The van der Waals surface area contributed by atoms with Crippen LogP contribution >= 0.6 is 11.3 Å². The first-order valence-electron chi connectivity index (χ1n) is 6.36. The number of carboxylic acids is 1. The zero-order valence-electron chi connectivity index (χ0n) is 11.9. The number of hydrogen-bond acceptors (Lipinski definition) is 5. The van der Waals surface area contributed by atoms with Gasteiger partial charge in [-0.3, -0.25) is 0 Å². The molecule has 0 radical (unpaired) electrons. The van der Waals surface area contributed by atoms with Crippen molar-refractivity contribution in [1.82, 2.24) is 4.72 Å². The molecule has 0 bridgehead atoms. The van der Waals surface area contributed by atoms with Crippen LogP contribution in [0.2, 0.25) is 0 Å². The Bertz CT molecular complexity index is 589. The highest BCUT2D eigenvalue weighted by atomic mass is 32.2. The van der Waals surface area contributed by atoms with Crippen molar-refractivity contribution in [3.63, 3.8) is 0 Å². The summed E-state index contributed by atoms with van der Waals surface area (Å²) in [6.07, 6.45) is 2.51. The fourth-order valence-corrected chi connectivity index (χ4v) is 3.11. The fraction of sp³-hybridized carbons (Fsp3) is 0.462. The van der Waals surface area contributed by atoms with E-state index >= 15 is 0 Å². The molecule has 0 amide bonds. The van der Waals surface area contributed by atoms with E-state index in [9.17, 15) is 13.2 Å². The Morgan fingerprint density at radius 2 is 2.24 bits per heavy atom. The zero-order chi connectivity index (χ0) is 15.9. The number of thiophene rings is 1. The average molecular weight is 333 g/mol. The number of rotatable bonds is 9. The maximum atomic E-state index is 11.7. The number of carbonyl (C=O) groups is 1. The van der Waals surface area contributed by atoms with Gasteiger partial charge in [-0.15, -0.1) is 11.3 Å². The van der Waals surface area contributed by atoms with Gasteiger partial charge in [-0.2, -0.15) is 0 Å². The maximum Gasteiger partial charge on any atom is 0.328 e. The second kappa shape index (κ2) is 8.28. The summed E-state index contributed by atoms with van der Waals surface area (Å²) < 4.78 is 31.2. The first-order valence-corrected chi connectivity index (χ1v) is 8.89. The van der Waals surface area contributed by atoms with Crippen LogP contribution in [0.5, 0.6) is 0 Å². The van der Waals surface area contributed by atoms with E-state index in [2.05, 4.69) is 4.72 Å². The van der Waals surface area contributed by atoms with Gasteiger partial charge in [-0.05, 0) is 36.9 Å². The molecule has 0 fully saturated rings. The largest absolute Gasteiger partial charge is 0.478 e. The summed E-state index contributed by atoms with van der Waals surface area (Å²) in [5, 5.41) is 10.3. The van der Waals surface area contributed by atoms with Gasteiger partial charge in [0.05, 0.1) is 18.5 Å². The standard InChI is InChI=1S/C13H19NO5S2/c1-10(2)19-5-6-21(17,18)14-8-12-7-11(9-20-12)3-4-13(15)16/h3-4,7,9-10,14H,5-6,8H2,1-2H3,(H,15,16). The van der Waals surface area contributed by atoms with E-state index < -0.39 is 16.0 Å². The van der Waals surface area contributed by atoms with Crippen molar-refractivity contribution in [2.24, 2.45) is 0 Å². The van der Waals surface area contributed by atoms with Crippen molar-refractivity contribution < 1.29 is 23.1 Å². The van der Waals surface area contributed by atoms with Gasteiger partial charge in [0.15, 0.2) is 0 Å². The van der Waals surface area contributed by atoms with E-state index in [4.69, 9.17) is 9.84 Å². The van der Waals surface area contributed by atoms with Crippen molar-refractivity contribution in [1.29, 1.82) is 0 Å².